The van der Waals surface area contributed by atoms with Gasteiger partial charge in [0.05, 0.1) is 17.2 Å². The largest absolute Gasteiger partial charge is 0.492 e. The molecule has 1 fully saturated rings. The smallest absolute Gasteiger partial charge is 0.264 e. The molecule has 1 N–H and O–H groups in total. The van der Waals surface area contributed by atoms with E-state index in [1.807, 2.05) is 51.1 Å². The first kappa shape index (κ1) is 31.1. The predicted octanol–water partition coefficient (Wildman–Crippen LogP) is 5.46. The van der Waals surface area contributed by atoms with Crippen molar-refractivity contribution in [3.8, 4) is 5.75 Å². The molecule has 224 valence electrons. The van der Waals surface area contributed by atoms with E-state index in [9.17, 15) is 18.0 Å². The van der Waals surface area contributed by atoms with Crippen molar-refractivity contribution in [3.63, 3.8) is 0 Å². The molecule has 42 heavy (non-hydrogen) atoms. The second-order valence-corrected chi connectivity index (χ2v) is 12.5. The van der Waals surface area contributed by atoms with Gasteiger partial charge < -0.3 is 15.0 Å². The maximum Gasteiger partial charge on any atom is 0.264 e. The van der Waals surface area contributed by atoms with Crippen LogP contribution in [0.15, 0.2) is 83.8 Å². The van der Waals surface area contributed by atoms with Crippen LogP contribution in [-0.4, -0.2) is 50.4 Å². The zero-order chi connectivity index (χ0) is 30.1. The molecule has 3 aromatic carbocycles. The van der Waals surface area contributed by atoms with E-state index in [4.69, 9.17) is 4.74 Å². The van der Waals surface area contributed by atoms with Gasteiger partial charge in [-0.1, -0.05) is 79.9 Å². The summed E-state index contributed by atoms with van der Waals surface area (Å²) in [6.45, 7) is 5.56. The monoisotopic (exact) mass is 591 g/mol. The van der Waals surface area contributed by atoms with Crippen LogP contribution in [0.3, 0.4) is 0 Å². The van der Waals surface area contributed by atoms with Crippen molar-refractivity contribution in [2.75, 3.05) is 17.5 Å². The number of sulfonamides is 1. The summed E-state index contributed by atoms with van der Waals surface area (Å²) in [5.74, 6) is -0.338. The lowest BCUT2D eigenvalue weighted by atomic mass is 10.1. The molecule has 0 aliphatic heterocycles. The van der Waals surface area contributed by atoms with E-state index in [1.165, 1.54) is 17.0 Å². The highest BCUT2D eigenvalue weighted by molar-refractivity contribution is 7.92. The molecule has 0 unspecified atom stereocenters. The molecule has 1 atom stereocenters. The van der Waals surface area contributed by atoms with E-state index in [2.05, 4.69) is 5.32 Å². The van der Waals surface area contributed by atoms with Crippen LogP contribution in [-0.2, 0) is 26.2 Å². The molecule has 0 saturated heterocycles. The maximum absolute atomic E-state index is 14.3. The van der Waals surface area contributed by atoms with Gasteiger partial charge in [-0.05, 0) is 62.9 Å². The van der Waals surface area contributed by atoms with Crippen LogP contribution in [0.1, 0.15) is 57.1 Å². The summed E-state index contributed by atoms with van der Waals surface area (Å²) in [5, 5.41) is 3.14. The third-order valence-electron chi connectivity index (χ3n) is 7.60. The summed E-state index contributed by atoms with van der Waals surface area (Å²) in [5.41, 5.74) is 2.02. The number of hydrogen-bond donors (Lipinski definition) is 1. The standard InChI is InChI=1S/C33H41N3O5S/c1-4-29(33(38)34-27-15-9-10-16-27)35(23-26-13-7-6-8-14-26)32(37)24-36(30-17-11-12-18-31(30)41-5-2)42(39,40)28-21-19-25(3)20-22-28/h6-8,11-14,17-22,27,29H,4-5,9-10,15-16,23-24H2,1-3H3,(H,34,38)/t29-/m1/s1. The Morgan fingerprint density at radius 2 is 1.57 bits per heavy atom. The normalized spacial score (nSPS) is 14.3. The fourth-order valence-corrected chi connectivity index (χ4v) is 6.78. The summed E-state index contributed by atoms with van der Waals surface area (Å²) in [6, 6.07) is 22.1. The summed E-state index contributed by atoms with van der Waals surface area (Å²) >= 11 is 0. The quantitative estimate of drug-likeness (QED) is 0.285. The molecule has 0 aromatic heterocycles. The summed E-state index contributed by atoms with van der Waals surface area (Å²) in [4.78, 5) is 29.4. The van der Waals surface area contributed by atoms with Gasteiger partial charge in [-0.25, -0.2) is 8.42 Å². The van der Waals surface area contributed by atoms with Crippen LogP contribution in [0, 0.1) is 6.92 Å². The van der Waals surface area contributed by atoms with E-state index in [1.54, 1.807) is 36.4 Å². The molecular weight excluding hydrogens is 550 g/mol. The zero-order valence-corrected chi connectivity index (χ0v) is 25.5. The second kappa shape index (κ2) is 14.4. The Labute approximate surface area is 249 Å². The molecule has 1 aliphatic rings. The summed E-state index contributed by atoms with van der Waals surface area (Å²) in [6.07, 6.45) is 4.37. The molecule has 0 spiro atoms. The van der Waals surface area contributed by atoms with Gasteiger partial charge in [0.25, 0.3) is 10.0 Å². The van der Waals surface area contributed by atoms with Gasteiger partial charge in [-0.15, -0.1) is 0 Å². The van der Waals surface area contributed by atoms with Crippen LogP contribution in [0.4, 0.5) is 5.69 Å². The Morgan fingerprint density at radius 3 is 2.21 bits per heavy atom. The van der Waals surface area contributed by atoms with Crippen LogP contribution < -0.4 is 14.4 Å². The molecule has 1 aliphatic carbocycles. The molecule has 3 aromatic rings. The second-order valence-electron chi connectivity index (χ2n) is 10.6. The SMILES string of the molecule is CCOc1ccccc1N(CC(=O)N(Cc1ccccc1)[C@H](CC)C(=O)NC1CCCC1)S(=O)(=O)c1ccc(C)cc1. The third kappa shape index (κ3) is 7.50. The molecular formula is C33H41N3O5S. The molecule has 9 heteroatoms. The number of amides is 2. The zero-order valence-electron chi connectivity index (χ0n) is 24.7. The van der Waals surface area contributed by atoms with Crippen molar-refractivity contribution >= 4 is 27.5 Å². The lowest BCUT2D eigenvalue weighted by Gasteiger charge is -2.34. The first-order valence-electron chi connectivity index (χ1n) is 14.7. The fraction of sp³-hybridized carbons (Fsp3) is 0.394. The van der Waals surface area contributed by atoms with Gasteiger partial charge in [0.2, 0.25) is 11.8 Å². The number of ether oxygens (including phenoxy) is 1. The number of benzene rings is 3. The molecule has 0 radical (unpaired) electrons. The number of rotatable bonds is 13. The molecule has 1 saturated carbocycles. The summed E-state index contributed by atoms with van der Waals surface area (Å²) in [7, 11) is -4.18. The van der Waals surface area contributed by atoms with E-state index in [0.717, 1.165) is 41.1 Å². The number of aryl methyl sites for hydroxylation is 1. The highest BCUT2D eigenvalue weighted by Gasteiger charge is 2.35. The first-order valence-corrected chi connectivity index (χ1v) is 16.1. The maximum atomic E-state index is 14.3. The Balaban J connectivity index is 1.74. The van der Waals surface area contributed by atoms with Crippen molar-refractivity contribution in [2.24, 2.45) is 0 Å². The van der Waals surface area contributed by atoms with Crippen LogP contribution in [0.25, 0.3) is 0 Å². The van der Waals surface area contributed by atoms with Gasteiger partial charge in [0, 0.05) is 12.6 Å². The van der Waals surface area contributed by atoms with E-state index >= 15 is 0 Å². The highest BCUT2D eigenvalue weighted by Crippen LogP contribution is 2.33. The first-order chi connectivity index (χ1) is 20.2. The minimum absolute atomic E-state index is 0.0628. The highest BCUT2D eigenvalue weighted by atomic mass is 32.2. The van der Waals surface area contributed by atoms with E-state index in [0.29, 0.717) is 18.8 Å². The lowest BCUT2D eigenvalue weighted by Crippen LogP contribution is -2.53. The Bertz CT molecular complexity index is 1440. The van der Waals surface area contributed by atoms with Crippen LogP contribution in [0.2, 0.25) is 0 Å². The third-order valence-corrected chi connectivity index (χ3v) is 9.38. The van der Waals surface area contributed by atoms with Gasteiger partial charge in [-0.3, -0.25) is 13.9 Å². The Morgan fingerprint density at radius 1 is 0.929 bits per heavy atom. The van der Waals surface area contributed by atoms with E-state index < -0.39 is 28.5 Å². The Kier molecular flexibility index (Phi) is 10.6. The molecule has 8 nitrogen and oxygen atoms in total. The lowest BCUT2D eigenvalue weighted by molar-refractivity contribution is -0.140. The summed E-state index contributed by atoms with van der Waals surface area (Å²) < 4.78 is 35.2. The minimum atomic E-state index is -4.18. The minimum Gasteiger partial charge on any atom is -0.492 e. The molecule has 2 amide bonds. The van der Waals surface area contributed by atoms with Crippen LogP contribution in [0.5, 0.6) is 5.75 Å². The topological polar surface area (TPSA) is 96.0 Å². The number of nitrogens with zero attached hydrogens (tertiary/aromatic N) is 2. The van der Waals surface area contributed by atoms with Crippen molar-refractivity contribution in [3.05, 3.63) is 90.0 Å². The van der Waals surface area contributed by atoms with E-state index in [-0.39, 0.29) is 29.1 Å². The van der Waals surface area contributed by atoms with Crippen molar-refractivity contribution < 1.29 is 22.7 Å². The fourth-order valence-electron chi connectivity index (χ4n) is 5.36. The number of nitrogens with one attached hydrogen (secondary N) is 1. The van der Waals surface area contributed by atoms with Crippen LogP contribution >= 0.6 is 0 Å². The van der Waals surface area contributed by atoms with Gasteiger partial charge in [0.1, 0.15) is 18.3 Å². The number of para-hydroxylation sites is 2. The van der Waals surface area contributed by atoms with Gasteiger partial charge >= 0.3 is 0 Å². The van der Waals surface area contributed by atoms with Gasteiger partial charge in [0.15, 0.2) is 0 Å². The average molecular weight is 592 g/mol. The Hall–Kier alpha value is -3.85. The number of carbonyl (C=O) groups excluding carboxylic acids is 2. The van der Waals surface area contributed by atoms with Crippen molar-refractivity contribution in [1.29, 1.82) is 0 Å². The molecule has 0 heterocycles. The van der Waals surface area contributed by atoms with Crippen molar-refractivity contribution in [1.82, 2.24) is 10.2 Å². The predicted molar refractivity (Wildman–Crippen MR) is 165 cm³/mol. The number of hydrogen-bond acceptors (Lipinski definition) is 5. The number of carbonyl (C=O) groups is 2. The number of anilines is 1. The van der Waals surface area contributed by atoms with Crippen molar-refractivity contribution in [2.45, 2.75) is 76.4 Å². The molecule has 4 rings (SSSR count). The van der Waals surface area contributed by atoms with Gasteiger partial charge in [-0.2, -0.15) is 0 Å². The molecule has 0 bridgehead atoms. The average Bonchev–Trinajstić information content (AvgIpc) is 3.50.